The zero-order valence-corrected chi connectivity index (χ0v) is 12.4. The Morgan fingerprint density at radius 2 is 2.10 bits per heavy atom. The van der Waals surface area contributed by atoms with E-state index in [0.717, 1.165) is 28.9 Å². The van der Waals surface area contributed by atoms with Crippen LogP contribution in [-0.2, 0) is 5.41 Å². The highest BCUT2D eigenvalue weighted by atomic mass is 16.5. The lowest BCUT2D eigenvalue weighted by Crippen LogP contribution is -2.13. The van der Waals surface area contributed by atoms with Crippen LogP contribution in [0.1, 0.15) is 43.6 Å². The number of benzene rings is 1. The van der Waals surface area contributed by atoms with Gasteiger partial charge >= 0.3 is 0 Å². The minimum Gasteiger partial charge on any atom is -0.494 e. The standard InChI is InChI=1S/C16H20N2O2/c1-5-20-14-7-6-11(8-13(14)16(2,3)4)15-12(10-19)9-17-18-15/h6-10H,5H2,1-4H3,(H,17,18). The molecule has 1 aromatic heterocycles. The van der Waals surface area contributed by atoms with Crippen molar-refractivity contribution < 1.29 is 9.53 Å². The van der Waals surface area contributed by atoms with E-state index in [1.807, 2.05) is 19.1 Å². The molecule has 0 aliphatic rings. The fraction of sp³-hybridized carbons (Fsp3) is 0.375. The minimum atomic E-state index is -0.0398. The Hall–Kier alpha value is -2.10. The molecule has 1 heterocycles. The molecular formula is C16H20N2O2. The van der Waals surface area contributed by atoms with Crippen LogP contribution in [0.3, 0.4) is 0 Å². The molecule has 4 nitrogen and oxygen atoms in total. The van der Waals surface area contributed by atoms with Gasteiger partial charge in [0, 0.05) is 11.1 Å². The third-order valence-electron chi connectivity index (χ3n) is 3.17. The van der Waals surface area contributed by atoms with Gasteiger partial charge in [-0.15, -0.1) is 0 Å². The zero-order valence-electron chi connectivity index (χ0n) is 12.4. The van der Waals surface area contributed by atoms with Crippen molar-refractivity contribution in [1.29, 1.82) is 0 Å². The van der Waals surface area contributed by atoms with E-state index in [-0.39, 0.29) is 5.41 Å². The minimum absolute atomic E-state index is 0.0398. The SMILES string of the molecule is CCOc1ccc(-c2[nH]ncc2C=O)cc1C(C)(C)C. The lowest BCUT2D eigenvalue weighted by Gasteiger charge is -2.23. The Kier molecular flexibility index (Phi) is 3.93. The van der Waals surface area contributed by atoms with Crippen molar-refractivity contribution in [3.63, 3.8) is 0 Å². The Bertz CT molecular complexity index is 609. The van der Waals surface area contributed by atoms with E-state index in [9.17, 15) is 4.79 Å². The van der Waals surface area contributed by atoms with E-state index in [2.05, 4.69) is 37.0 Å². The highest BCUT2D eigenvalue weighted by Crippen LogP contribution is 2.35. The quantitative estimate of drug-likeness (QED) is 0.865. The van der Waals surface area contributed by atoms with Gasteiger partial charge in [-0.05, 0) is 30.5 Å². The number of carbonyl (C=O) groups excluding carboxylic acids is 1. The first-order valence-electron chi connectivity index (χ1n) is 6.73. The molecule has 0 aliphatic carbocycles. The number of aldehydes is 1. The smallest absolute Gasteiger partial charge is 0.153 e. The second-order valence-corrected chi connectivity index (χ2v) is 5.71. The molecule has 2 aromatic rings. The molecule has 0 amide bonds. The van der Waals surface area contributed by atoms with E-state index in [0.29, 0.717) is 12.2 Å². The van der Waals surface area contributed by atoms with Crippen molar-refractivity contribution in [2.24, 2.45) is 0 Å². The molecule has 20 heavy (non-hydrogen) atoms. The molecule has 0 aliphatic heterocycles. The molecule has 2 rings (SSSR count). The number of nitrogens with zero attached hydrogens (tertiary/aromatic N) is 1. The summed E-state index contributed by atoms with van der Waals surface area (Å²) in [5.74, 6) is 0.885. The summed E-state index contributed by atoms with van der Waals surface area (Å²) in [6, 6.07) is 5.96. The molecule has 1 N–H and O–H groups in total. The number of rotatable bonds is 4. The number of hydrogen-bond acceptors (Lipinski definition) is 3. The van der Waals surface area contributed by atoms with Crippen molar-refractivity contribution >= 4 is 6.29 Å². The van der Waals surface area contributed by atoms with Gasteiger partial charge in [0.1, 0.15) is 5.75 Å². The summed E-state index contributed by atoms with van der Waals surface area (Å²) in [5.41, 5.74) is 3.32. The second-order valence-electron chi connectivity index (χ2n) is 5.71. The van der Waals surface area contributed by atoms with E-state index >= 15 is 0 Å². The monoisotopic (exact) mass is 272 g/mol. The average Bonchev–Trinajstić information content (AvgIpc) is 2.86. The van der Waals surface area contributed by atoms with Crippen LogP contribution < -0.4 is 4.74 Å². The molecule has 4 heteroatoms. The van der Waals surface area contributed by atoms with Crippen molar-refractivity contribution in [3.8, 4) is 17.0 Å². The first kappa shape index (κ1) is 14.3. The largest absolute Gasteiger partial charge is 0.494 e. The third kappa shape index (κ3) is 2.74. The summed E-state index contributed by atoms with van der Waals surface area (Å²) < 4.78 is 5.70. The second kappa shape index (κ2) is 5.49. The summed E-state index contributed by atoms with van der Waals surface area (Å²) in [5, 5.41) is 6.81. The first-order chi connectivity index (χ1) is 9.47. The van der Waals surface area contributed by atoms with Gasteiger partial charge in [0.05, 0.1) is 24.1 Å². The Morgan fingerprint density at radius 1 is 1.35 bits per heavy atom. The summed E-state index contributed by atoms with van der Waals surface area (Å²) in [6.45, 7) is 9.03. The number of nitrogens with one attached hydrogen (secondary N) is 1. The van der Waals surface area contributed by atoms with Crippen molar-refractivity contribution in [2.45, 2.75) is 33.1 Å². The lowest BCUT2D eigenvalue weighted by atomic mass is 9.85. The normalized spacial score (nSPS) is 11.4. The maximum Gasteiger partial charge on any atom is 0.153 e. The number of aromatic nitrogens is 2. The molecular weight excluding hydrogens is 252 g/mol. The molecule has 106 valence electrons. The number of hydrogen-bond donors (Lipinski definition) is 1. The highest BCUT2D eigenvalue weighted by molar-refractivity contribution is 5.85. The van der Waals surface area contributed by atoms with Gasteiger partial charge in [-0.25, -0.2) is 0 Å². The molecule has 0 atom stereocenters. The molecule has 0 radical (unpaired) electrons. The van der Waals surface area contributed by atoms with E-state index in [4.69, 9.17) is 4.74 Å². The predicted molar refractivity (Wildman–Crippen MR) is 79.3 cm³/mol. The molecule has 0 bridgehead atoms. The predicted octanol–water partition coefficient (Wildman–Crippen LogP) is 3.59. The van der Waals surface area contributed by atoms with Crippen LogP contribution in [-0.4, -0.2) is 23.1 Å². The van der Waals surface area contributed by atoms with Gasteiger partial charge in [-0.2, -0.15) is 5.10 Å². The van der Waals surface area contributed by atoms with Crippen LogP contribution in [0.4, 0.5) is 0 Å². The third-order valence-corrected chi connectivity index (χ3v) is 3.17. The van der Waals surface area contributed by atoms with Crippen molar-refractivity contribution in [3.05, 3.63) is 35.5 Å². The van der Waals surface area contributed by atoms with E-state index in [1.165, 1.54) is 6.20 Å². The molecule has 0 spiro atoms. The van der Waals surface area contributed by atoms with E-state index < -0.39 is 0 Å². The average molecular weight is 272 g/mol. The highest BCUT2D eigenvalue weighted by Gasteiger charge is 2.20. The number of ether oxygens (including phenoxy) is 1. The zero-order chi connectivity index (χ0) is 14.8. The Labute approximate surface area is 119 Å². The van der Waals surface area contributed by atoms with Gasteiger partial charge in [-0.3, -0.25) is 9.89 Å². The summed E-state index contributed by atoms with van der Waals surface area (Å²) in [7, 11) is 0. The lowest BCUT2D eigenvalue weighted by molar-refractivity contribution is 0.112. The molecule has 0 saturated carbocycles. The van der Waals surface area contributed by atoms with Gasteiger partial charge in [0.25, 0.3) is 0 Å². The van der Waals surface area contributed by atoms with Crippen molar-refractivity contribution in [2.75, 3.05) is 6.61 Å². The van der Waals surface area contributed by atoms with Gasteiger partial charge in [0.2, 0.25) is 0 Å². The molecule has 0 fully saturated rings. The summed E-state index contributed by atoms with van der Waals surface area (Å²) >= 11 is 0. The van der Waals surface area contributed by atoms with Crippen LogP contribution in [0.15, 0.2) is 24.4 Å². The van der Waals surface area contributed by atoms with Crippen LogP contribution in [0.2, 0.25) is 0 Å². The van der Waals surface area contributed by atoms with Crippen LogP contribution in [0, 0.1) is 0 Å². The molecule has 0 unspecified atom stereocenters. The molecule has 1 aromatic carbocycles. The molecule has 0 saturated heterocycles. The Morgan fingerprint density at radius 3 is 2.70 bits per heavy atom. The maximum absolute atomic E-state index is 11.0. The first-order valence-corrected chi connectivity index (χ1v) is 6.73. The Balaban J connectivity index is 2.55. The number of aromatic amines is 1. The fourth-order valence-electron chi connectivity index (χ4n) is 2.17. The van der Waals surface area contributed by atoms with Crippen LogP contribution in [0.25, 0.3) is 11.3 Å². The number of H-pyrrole nitrogens is 1. The van der Waals surface area contributed by atoms with Crippen molar-refractivity contribution in [1.82, 2.24) is 10.2 Å². The van der Waals surface area contributed by atoms with Crippen LogP contribution in [0.5, 0.6) is 5.75 Å². The number of carbonyl (C=O) groups is 1. The van der Waals surface area contributed by atoms with Gasteiger partial charge < -0.3 is 4.74 Å². The maximum atomic E-state index is 11.0. The van der Waals surface area contributed by atoms with E-state index in [1.54, 1.807) is 0 Å². The summed E-state index contributed by atoms with van der Waals surface area (Å²) in [4.78, 5) is 11.0. The topological polar surface area (TPSA) is 55.0 Å². The van der Waals surface area contributed by atoms with Gasteiger partial charge in [-0.1, -0.05) is 20.8 Å². The van der Waals surface area contributed by atoms with Crippen LogP contribution >= 0.6 is 0 Å². The van der Waals surface area contributed by atoms with Gasteiger partial charge in [0.15, 0.2) is 6.29 Å². The summed E-state index contributed by atoms with van der Waals surface area (Å²) in [6.07, 6.45) is 2.35. The fourth-order valence-corrected chi connectivity index (χ4v) is 2.17.